The zero-order valence-corrected chi connectivity index (χ0v) is 8.90. The Kier molecular flexibility index (Phi) is 2.50. The van der Waals surface area contributed by atoms with Crippen LogP contribution in [-0.2, 0) is 4.74 Å². The molecule has 2 nitrogen and oxygen atoms in total. The van der Waals surface area contributed by atoms with Gasteiger partial charge in [-0.05, 0) is 25.7 Å². The average Bonchev–Trinajstić information content (AvgIpc) is 2.05. The lowest BCUT2D eigenvalue weighted by atomic mass is 9.88. The Bertz CT molecular complexity index is 158. The minimum atomic E-state index is -0.115. The summed E-state index contributed by atoms with van der Waals surface area (Å²) >= 11 is 0. The zero-order valence-electron chi connectivity index (χ0n) is 8.90. The number of ether oxygens (including phenoxy) is 1. The van der Waals surface area contributed by atoms with Gasteiger partial charge in [-0.1, -0.05) is 20.8 Å². The highest BCUT2D eigenvalue weighted by Crippen LogP contribution is 2.25. The van der Waals surface area contributed by atoms with Crippen molar-refractivity contribution in [3.8, 4) is 0 Å². The SMILES string of the molecule is CC(C)(C)CC1COC(C)(C)N1. The number of rotatable bonds is 1. The summed E-state index contributed by atoms with van der Waals surface area (Å²) in [4.78, 5) is 0. The number of hydrogen-bond acceptors (Lipinski definition) is 2. The Morgan fingerprint density at radius 3 is 2.33 bits per heavy atom. The quantitative estimate of drug-likeness (QED) is 0.652. The van der Waals surface area contributed by atoms with Crippen molar-refractivity contribution in [2.75, 3.05) is 6.61 Å². The van der Waals surface area contributed by atoms with Gasteiger partial charge in [0.15, 0.2) is 0 Å². The van der Waals surface area contributed by atoms with Gasteiger partial charge in [-0.25, -0.2) is 0 Å². The van der Waals surface area contributed by atoms with E-state index in [0.29, 0.717) is 11.5 Å². The smallest absolute Gasteiger partial charge is 0.113 e. The predicted octanol–water partition coefficient (Wildman–Crippen LogP) is 2.15. The van der Waals surface area contributed by atoms with Gasteiger partial charge in [-0.3, -0.25) is 5.32 Å². The molecule has 1 aliphatic heterocycles. The minimum Gasteiger partial charge on any atom is -0.360 e. The lowest BCUT2D eigenvalue weighted by Crippen LogP contribution is -2.39. The van der Waals surface area contributed by atoms with E-state index in [0.717, 1.165) is 6.61 Å². The molecule has 0 radical (unpaired) electrons. The molecule has 0 aliphatic carbocycles. The molecule has 1 unspecified atom stereocenters. The first-order chi connectivity index (χ1) is 5.29. The molecule has 1 aliphatic rings. The van der Waals surface area contributed by atoms with E-state index in [9.17, 15) is 0 Å². The highest BCUT2D eigenvalue weighted by molar-refractivity contribution is 4.84. The molecule has 1 N–H and O–H groups in total. The van der Waals surface area contributed by atoms with E-state index >= 15 is 0 Å². The molecule has 12 heavy (non-hydrogen) atoms. The normalized spacial score (nSPS) is 29.2. The summed E-state index contributed by atoms with van der Waals surface area (Å²) in [6.07, 6.45) is 1.18. The topological polar surface area (TPSA) is 21.3 Å². The van der Waals surface area contributed by atoms with Gasteiger partial charge in [0.05, 0.1) is 6.61 Å². The molecule has 0 amide bonds. The van der Waals surface area contributed by atoms with E-state index in [1.807, 2.05) is 0 Å². The largest absolute Gasteiger partial charge is 0.360 e. The third-order valence-electron chi connectivity index (χ3n) is 2.06. The van der Waals surface area contributed by atoms with Gasteiger partial charge in [0, 0.05) is 6.04 Å². The molecule has 0 saturated carbocycles. The van der Waals surface area contributed by atoms with Crippen molar-refractivity contribution < 1.29 is 4.74 Å². The summed E-state index contributed by atoms with van der Waals surface area (Å²) < 4.78 is 5.59. The lowest BCUT2D eigenvalue weighted by Gasteiger charge is -2.24. The Morgan fingerprint density at radius 1 is 1.42 bits per heavy atom. The molecule has 0 aromatic carbocycles. The fourth-order valence-corrected chi connectivity index (χ4v) is 1.73. The molecule has 1 heterocycles. The monoisotopic (exact) mass is 171 g/mol. The first kappa shape index (κ1) is 10.0. The summed E-state index contributed by atoms with van der Waals surface area (Å²) in [6, 6.07) is 0.528. The number of hydrogen-bond donors (Lipinski definition) is 1. The van der Waals surface area contributed by atoms with Gasteiger partial charge < -0.3 is 4.74 Å². The third-order valence-corrected chi connectivity index (χ3v) is 2.06. The van der Waals surface area contributed by atoms with Gasteiger partial charge in [-0.2, -0.15) is 0 Å². The maximum atomic E-state index is 5.59. The molecule has 0 aromatic rings. The van der Waals surface area contributed by atoms with Crippen molar-refractivity contribution in [3.63, 3.8) is 0 Å². The Hall–Kier alpha value is -0.0800. The predicted molar refractivity (Wildman–Crippen MR) is 51.0 cm³/mol. The lowest BCUT2D eigenvalue weighted by molar-refractivity contribution is 0.0230. The maximum absolute atomic E-state index is 5.59. The fourth-order valence-electron chi connectivity index (χ4n) is 1.73. The summed E-state index contributed by atoms with van der Waals surface area (Å²) in [5.74, 6) is 0. The van der Waals surface area contributed by atoms with E-state index in [-0.39, 0.29) is 5.72 Å². The standard InChI is InChI=1S/C10H21NO/c1-9(2,3)6-8-7-12-10(4,5)11-8/h8,11H,6-7H2,1-5H3. The van der Waals surface area contributed by atoms with Crippen LogP contribution in [0.15, 0.2) is 0 Å². The number of nitrogens with one attached hydrogen (secondary N) is 1. The molecule has 1 atom stereocenters. The molecule has 0 spiro atoms. The maximum Gasteiger partial charge on any atom is 0.113 e. The molecule has 0 bridgehead atoms. The summed E-state index contributed by atoms with van der Waals surface area (Å²) in [5, 5.41) is 3.46. The molecular weight excluding hydrogens is 150 g/mol. The van der Waals surface area contributed by atoms with Crippen LogP contribution >= 0.6 is 0 Å². The first-order valence-corrected chi connectivity index (χ1v) is 4.70. The molecule has 1 saturated heterocycles. The molecule has 2 heteroatoms. The van der Waals surface area contributed by atoms with Crippen LogP contribution in [0.4, 0.5) is 0 Å². The van der Waals surface area contributed by atoms with Crippen LogP contribution in [0, 0.1) is 5.41 Å². The van der Waals surface area contributed by atoms with Crippen LogP contribution in [0.1, 0.15) is 41.0 Å². The van der Waals surface area contributed by atoms with Crippen LogP contribution in [0.2, 0.25) is 0 Å². The molecular formula is C10H21NO. The van der Waals surface area contributed by atoms with E-state index in [1.165, 1.54) is 6.42 Å². The van der Waals surface area contributed by atoms with Gasteiger partial charge in [0.25, 0.3) is 0 Å². The Morgan fingerprint density at radius 2 is 2.00 bits per heavy atom. The minimum absolute atomic E-state index is 0.115. The van der Waals surface area contributed by atoms with Crippen molar-refractivity contribution >= 4 is 0 Å². The first-order valence-electron chi connectivity index (χ1n) is 4.70. The van der Waals surface area contributed by atoms with E-state index in [4.69, 9.17) is 4.74 Å². The zero-order chi connectivity index (χ0) is 9.41. The van der Waals surface area contributed by atoms with E-state index in [2.05, 4.69) is 39.9 Å². The molecule has 72 valence electrons. The van der Waals surface area contributed by atoms with Crippen LogP contribution in [-0.4, -0.2) is 18.4 Å². The Labute approximate surface area is 75.7 Å². The second-order valence-corrected chi connectivity index (χ2v) is 5.43. The van der Waals surface area contributed by atoms with Gasteiger partial charge >= 0.3 is 0 Å². The Balaban J connectivity index is 2.39. The summed E-state index contributed by atoms with van der Waals surface area (Å²) in [7, 11) is 0. The van der Waals surface area contributed by atoms with Crippen LogP contribution in [0.25, 0.3) is 0 Å². The third kappa shape index (κ3) is 3.11. The van der Waals surface area contributed by atoms with Crippen molar-refractivity contribution in [2.24, 2.45) is 5.41 Å². The van der Waals surface area contributed by atoms with Gasteiger partial charge in [0.2, 0.25) is 0 Å². The van der Waals surface area contributed by atoms with E-state index in [1.54, 1.807) is 0 Å². The molecule has 1 rings (SSSR count). The highest BCUT2D eigenvalue weighted by Gasteiger charge is 2.32. The van der Waals surface area contributed by atoms with Crippen molar-refractivity contribution in [1.82, 2.24) is 5.32 Å². The van der Waals surface area contributed by atoms with Crippen LogP contribution in [0.3, 0.4) is 0 Å². The van der Waals surface area contributed by atoms with Crippen molar-refractivity contribution in [1.29, 1.82) is 0 Å². The van der Waals surface area contributed by atoms with Crippen molar-refractivity contribution in [2.45, 2.75) is 52.8 Å². The average molecular weight is 171 g/mol. The second kappa shape index (κ2) is 3.00. The van der Waals surface area contributed by atoms with Crippen LogP contribution in [0.5, 0.6) is 0 Å². The van der Waals surface area contributed by atoms with Gasteiger partial charge in [0.1, 0.15) is 5.72 Å². The van der Waals surface area contributed by atoms with E-state index < -0.39 is 0 Å². The van der Waals surface area contributed by atoms with Gasteiger partial charge in [-0.15, -0.1) is 0 Å². The molecule has 0 aromatic heterocycles. The second-order valence-electron chi connectivity index (χ2n) is 5.43. The summed E-state index contributed by atoms with van der Waals surface area (Å²) in [5.41, 5.74) is 0.275. The van der Waals surface area contributed by atoms with Crippen LogP contribution < -0.4 is 5.32 Å². The van der Waals surface area contributed by atoms with Crippen molar-refractivity contribution in [3.05, 3.63) is 0 Å². The highest BCUT2D eigenvalue weighted by atomic mass is 16.5. The fraction of sp³-hybridized carbons (Fsp3) is 1.00. The summed E-state index contributed by atoms with van der Waals surface area (Å²) in [6.45, 7) is 11.8. The molecule has 1 fully saturated rings.